The molecule has 3 nitrogen and oxygen atoms in total. The number of benzene rings is 1. The average molecular weight is 263 g/mol. The molecule has 0 aliphatic rings. The first-order valence-electron chi connectivity index (χ1n) is 6.20. The fourth-order valence-electron chi connectivity index (χ4n) is 2.07. The Morgan fingerprint density at radius 3 is 2.74 bits per heavy atom. The third kappa shape index (κ3) is 2.96. The van der Waals surface area contributed by atoms with Gasteiger partial charge in [0.2, 0.25) is 0 Å². The number of nitrogens with zero attached hydrogens (tertiary/aromatic N) is 1. The summed E-state index contributed by atoms with van der Waals surface area (Å²) in [5.74, 6) is 0.520. The smallest absolute Gasteiger partial charge is 0.126 e. The summed E-state index contributed by atoms with van der Waals surface area (Å²) in [6, 6.07) is 6.86. The summed E-state index contributed by atoms with van der Waals surface area (Å²) >= 11 is 0. The molecule has 1 N–H and O–H groups in total. The molecule has 1 atom stereocenters. The van der Waals surface area contributed by atoms with Crippen molar-refractivity contribution < 1.29 is 13.9 Å². The normalized spacial score (nSPS) is 12.5. The second-order valence-electron chi connectivity index (χ2n) is 4.77. The molecule has 0 spiro atoms. The van der Waals surface area contributed by atoms with Crippen molar-refractivity contribution in [1.82, 2.24) is 0 Å². The highest BCUT2D eigenvalue weighted by Gasteiger charge is 2.15. The zero-order valence-corrected chi connectivity index (χ0v) is 11.4. The van der Waals surface area contributed by atoms with Crippen LogP contribution in [0.25, 0.3) is 0 Å². The predicted molar refractivity (Wildman–Crippen MR) is 72.6 cm³/mol. The lowest BCUT2D eigenvalue weighted by molar-refractivity contribution is 0.199. The summed E-state index contributed by atoms with van der Waals surface area (Å²) in [7, 11) is 1.89. The van der Waals surface area contributed by atoms with E-state index in [9.17, 15) is 9.50 Å². The number of halogens is 1. The molecule has 19 heavy (non-hydrogen) atoms. The molecule has 0 saturated carbocycles. The summed E-state index contributed by atoms with van der Waals surface area (Å²) in [5, 5.41) is 9.78. The van der Waals surface area contributed by atoms with E-state index in [1.54, 1.807) is 26.2 Å². The SMILES string of the molecule is Cc1cc(N(C)Cc2ccco2)c([C@@H](C)O)cc1F. The van der Waals surface area contributed by atoms with Crippen molar-refractivity contribution in [2.75, 3.05) is 11.9 Å². The van der Waals surface area contributed by atoms with Gasteiger partial charge in [-0.15, -0.1) is 0 Å². The lowest BCUT2D eigenvalue weighted by atomic mass is 10.0. The van der Waals surface area contributed by atoms with Crippen molar-refractivity contribution in [3.63, 3.8) is 0 Å². The van der Waals surface area contributed by atoms with Gasteiger partial charge in [0.15, 0.2) is 0 Å². The first kappa shape index (κ1) is 13.6. The predicted octanol–water partition coefficient (Wildman–Crippen LogP) is 3.42. The fraction of sp³-hybridized carbons (Fsp3) is 0.333. The van der Waals surface area contributed by atoms with E-state index in [1.165, 1.54) is 6.07 Å². The molecule has 0 aliphatic carbocycles. The van der Waals surface area contributed by atoms with Crippen molar-refractivity contribution in [3.05, 3.63) is 53.2 Å². The molecule has 1 aromatic carbocycles. The highest BCUT2D eigenvalue weighted by molar-refractivity contribution is 5.56. The third-order valence-corrected chi connectivity index (χ3v) is 3.14. The highest BCUT2D eigenvalue weighted by Crippen LogP contribution is 2.29. The van der Waals surface area contributed by atoms with Crippen molar-refractivity contribution in [2.45, 2.75) is 26.5 Å². The van der Waals surface area contributed by atoms with Gasteiger partial charge >= 0.3 is 0 Å². The van der Waals surface area contributed by atoms with Gasteiger partial charge in [-0.3, -0.25) is 0 Å². The maximum Gasteiger partial charge on any atom is 0.126 e. The lowest BCUT2D eigenvalue weighted by Gasteiger charge is -2.23. The summed E-state index contributed by atoms with van der Waals surface area (Å²) in [5.41, 5.74) is 1.95. The summed E-state index contributed by atoms with van der Waals surface area (Å²) < 4.78 is 18.9. The van der Waals surface area contributed by atoms with Crippen molar-refractivity contribution >= 4 is 5.69 Å². The monoisotopic (exact) mass is 263 g/mol. The Kier molecular flexibility index (Phi) is 3.90. The molecule has 0 bridgehead atoms. The molecule has 2 aromatic rings. The standard InChI is InChI=1S/C15H18FNO2/c1-10-7-15(13(11(2)18)8-14(10)16)17(3)9-12-5-4-6-19-12/h4-8,11,18H,9H2,1-3H3/t11-/m1/s1. The van der Waals surface area contributed by atoms with Gasteiger partial charge in [0, 0.05) is 18.3 Å². The minimum atomic E-state index is -0.718. The van der Waals surface area contributed by atoms with Crippen LogP contribution in [0.5, 0.6) is 0 Å². The van der Waals surface area contributed by atoms with Gasteiger partial charge in [-0.05, 0) is 43.7 Å². The van der Waals surface area contributed by atoms with E-state index in [4.69, 9.17) is 4.42 Å². The zero-order chi connectivity index (χ0) is 14.0. The molecule has 4 heteroatoms. The number of aryl methyl sites for hydroxylation is 1. The minimum absolute atomic E-state index is 0.300. The zero-order valence-electron chi connectivity index (χ0n) is 11.4. The first-order valence-corrected chi connectivity index (χ1v) is 6.20. The summed E-state index contributed by atoms with van der Waals surface area (Å²) in [6.07, 6.45) is 0.901. The van der Waals surface area contributed by atoms with E-state index in [2.05, 4.69) is 0 Å². The van der Waals surface area contributed by atoms with E-state index < -0.39 is 6.10 Å². The number of hydrogen-bond acceptors (Lipinski definition) is 3. The summed E-state index contributed by atoms with van der Waals surface area (Å²) in [6.45, 7) is 3.91. The highest BCUT2D eigenvalue weighted by atomic mass is 19.1. The van der Waals surface area contributed by atoms with E-state index in [-0.39, 0.29) is 5.82 Å². The van der Waals surface area contributed by atoms with Gasteiger partial charge in [0.05, 0.1) is 18.9 Å². The number of aliphatic hydroxyl groups excluding tert-OH is 1. The van der Waals surface area contributed by atoms with Gasteiger partial charge < -0.3 is 14.4 Å². The van der Waals surface area contributed by atoms with Gasteiger partial charge in [-0.25, -0.2) is 4.39 Å². The van der Waals surface area contributed by atoms with Crippen LogP contribution in [0.2, 0.25) is 0 Å². The molecular weight excluding hydrogens is 245 g/mol. The molecule has 102 valence electrons. The Bertz CT molecular complexity index is 550. The number of hydrogen-bond donors (Lipinski definition) is 1. The van der Waals surface area contributed by atoms with E-state index in [0.29, 0.717) is 17.7 Å². The molecule has 0 saturated heterocycles. The van der Waals surface area contributed by atoms with E-state index >= 15 is 0 Å². The molecular formula is C15H18FNO2. The lowest BCUT2D eigenvalue weighted by Crippen LogP contribution is -2.19. The molecule has 0 radical (unpaired) electrons. The molecule has 2 rings (SSSR count). The number of furan rings is 1. The van der Waals surface area contributed by atoms with Crippen LogP contribution in [0.15, 0.2) is 34.9 Å². The number of rotatable bonds is 4. The molecule has 0 aliphatic heterocycles. The second kappa shape index (κ2) is 5.45. The molecule has 1 heterocycles. The number of anilines is 1. The van der Waals surface area contributed by atoms with Crippen LogP contribution in [-0.4, -0.2) is 12.2 Å². The van der Waals surface area contributed by atoms with Gasteiger partial charge in [-0.2, -0.15) is 0 Å². The van der Waals surface area contributed by atoms with Crippen molar-refractivity contribution in [2.24, 2.45) is 0 Å². The van der Waals surface area contributed by atoms with Crippen LogP contribution in [0, 0.1) is 12.7 Å². The Morgan fingerprint density at radius 1 is 1.42 bits per heavy atom. The van der Waals surface area contributed by atoms with Crippen LogP contribution in [0.4, 0.5) is 10.1 Å². The third-order valence-electron chi connectivity index (χ3n) is 3.14. The fourth-order valence-corrected chi connectivity index (χ4v) is 2.07. The average Bonchev–Trinajstić information content (AvgIpc) is 2.84. The quantitative estimate of drug-likeness (QED) is 0.918. The number of aliphatic hydroxyl groups is 1. The largest absolute Gasteiger partial charge is 0.467 e. The molecule has 0 unspecified atom stereocenters. The Balaban J connectivity index is 2.34. The van der Waals surface area contributed by atoms with E-state index in [1.807, 2.05) is 24.1 Å². The Labute approximate surface area is 112 Å². The van der Waals surface area contributed by atoms with Crippen molar-refractivity contribution in [1.29, 1.82) is 0 Å². The second-order valence-corrected chi connectivity index (χ2v) is 4.77. The Hall–Kier alpha value is -1.81. The first-order chi connectivity index (χ1) is 8.99. The molecule has 0 amide bonds. The molecule has 1 aromatic heterocycles. The van der Waals surface area contributed by atoms with Gasteiger partial charge in [-0.1, -0.05) is 0 Å². The summed E-state index contributed by atoms with van der Waals surface area (Å²) in [4.78, 5) is 1.94. The topological polar surface area (TPSA) is 36.6 Å². The van der Waals surface area contributed by atoms with Crippen LogP contribution in [-0.2, 0) is 6.54 Å². The van der Waals surface area contributed by atoms with Crippen LogP contribution < -0.4 is 4.90 Å². The molecule has 0 fully saturated rings. The van der Waals surface area contributed by atoms with E-state index in [0.717, 1.165) is 11.4 Å². The van der Waals surface area contributed by atoms with Gasteiger partial charge in [0.25, 0.3) is 0 Å². The Morgan fingerprint density at radius 2 is 2.16 bits per heavy atom. The minimum Gasteiger partial charge on any atom is -0.467 e. The van der Waals surface area contributed by atoms with Crippen molar-refractivity contribution in [3.8, 4) is 0 Å². The van der Waals surface area contributed by atoms with Crippen LogP contribution in [0.3, 0.4) is 0 Å². The maximum absolute atomic E-state index is 13.6. The van der Waals surface area contributed by atoms with Crippen LogP contribution >= 0.6 is 0 Å². The maximum atomic E-state index is 13.6. The van der Waals surface area contributed by atoms with Crippen LogP contribution in [0.1, 0.15) is 29.9 Å². The van der Waals surface area contributed by atoms with Gasteiger partial charge in [0.1, 0.15) is 11.6 Å².